The number of carbonyl (C=O) groups is 1. The molecule has 1 aromatic heterocycles. The first-order valence-corrected chi connectivity index (χ1v) is 3.02. The largest absolute Gasteiger partial charge is 0.478 e. The molecule has 60 valence electrons. The van der Waals surface area contributed by atoms with Crippen LogP contribution in [0, 0.1) is 11.3 Å². The third kappa shape index (κ3) is 1.18. The van der Waals surface area contributed by atoms with Gasteiger partial charge in [0.15, 0.2) is 0 Å². The van der Waals surface area contributed by atoms with Crippen LogP contribution in [-0.2, 0) is 0 Å². The van der Waals surface area contributed by atoms with Gasteiger partial charge in [-0.25, -0.2) is 4.79 Å². The van der Waals surface area contributed by atoms with Crippen molar-refractivity contribution in [3.05, 3.63) is 33.7 Å². The topological polar surface area (TPSA) is 93.9 Å². The van der Waals surface area contributed by atoms with Gasteiger partial charge in [0.1, 0.15) is 11.6 Å². The van der Waals surface area contributed by atoms with E-state index in [0.29, 0.717) is 0 Å². The molecular weight excluding hydrogens is 160 g/mol. The first kappa shape index (κ1) is 8.01. The van der Waals surface area contributed by atoms with Gasteiger partial charge in [0, 0.05) is 6.20 Å². The Hall–Kier alpha value is -2.09. The molecule has 0 unspecified atom stereocenters. The quantitative estimate of drug-likeness (QED) is 0.608. The van der Waals surface area contributed by atoms with Crippen LogP contribution in [0.15, 0.2) is 17.1 Å². The van der Waals surface area contributed by atoms with Crippen LogP contribution in [0.5, 0.6) is 0 Å². The second-order valence-corrected chi connectivity index (χ2v) is 2.01. The molecule has 0 radical (unpaired) electrons. The number of nitriles is 1. The van der Waals surface area contributed by atoms with Crippen molar-refractivity contribution in [2.24, 2.45) is 0 Å². The van der Waals surface area contributed by atoms with Gasteiger partial charge in [-0.1, -0.05) is 0 Å². The summed E-state index contributed by atoms with van der Waals surface area (Å²) in [5.41, 5.74) is -1.33. The Morgan fingerprint density at radius 3 is 2.75 bits per heavy atom. The average molecular weight is 164 g/mol. The number of hydrogen-bond donors (Lipinski definition) is 2. The number of hydrogen-bond acceptors (Lipinski definition) is 3. The predicted octanol–water partition coefficient (Wildman–Crippen LogP) is -0.0552. The maximum atomic E-state index is 10.8. The lowest BCUT2D eigenvalue weighted by Crippen LogP contribution is -2.14. The number of nitrogens with one attached hydrogen (secondary N) is 1. The second kappa shape index (κ2) is 2.88. The van der Waals surface area contributed by atoms with E-state index in [2.05, 4.69) is 4.98 Å². The fourth-order valence-corrected chi connectivity index (χ4v) is 0.768. The summed E-state index contributed by atoms with van der Waals surface area (Å²) in [6, 6.07) is 2.69. The molecule has 0 aliphatic rings. The number of rotatable bonds is 1. The van der Waals surface area contributed by atoms with E-state index in [9.17, 15) is 9.59 Å². The monoisotopic (exact) mass is 164 g/mol. The van der Waals surface area contributed by atoms with Crippen LogP contribution in [0.3, 0.4) is 0 Å². The SMILES string of the molecule is N#Cc1c(C(=O)O)cc[nH]c1=O. The molecule has 0 atom stereocenters. The summed E-state index contributed by atoms with van der Waals surface area (Å²) in [4.78, 5) is 23.5. The van der Waals surface area contributed by atoms with Gasteiger partial charge in [-0.05, 0) is 6.07 Å². The molecule has 0 bridgehead atoms. The van der Waals surface area contributed by atoms with Gasteiger partial charge >= 0.3 is 5.97 Å². The molecule has 0 fully saturated rings. The standard InChI is InChI=1S/C7H4N2O3/c8-3-5-4(7(11)12)1-2-9-6(5)10/h1-2H,(H,9,10)(H,11,12). The van der Waals surface area contributed by atoms with E-state index in [1.807, 2.05) is 0 Å². The minimum Gasteiger partial charge on any atom is -0.478 e. The summed E-state index contributed by atoms with van der Waals surface area (Å²) in [7, 11) is 0. The molecule has 0 amide bonds. The van der Waals surface area contributed by atoms with Crippen LogP contribution in [0.4, 0.5) is 0 Å². The van der Waals surface area contributed by atoms with Crippen molar-refractivity contribution in [3.63, 3.8) is 0 Å². The summed E-state index contributed by atoms with van der Waals surface area (Å²) in [6.07, 6.45) is 1.19. The van der Waals surface area contributed by atoms with E-state index < -0.39 is 11.5 Å². The highest BCUT2D eigenvalue weighted by atomic mass is 16.4. The Morgan fingerprint density at radius 2 is 2.33 bits per heavy atom. The molecule has 1 heterocycles. The Balaban J connectivity index is 3.51. The van der Waals surface area contributed by atoms with Crippen LogP contribution in [0.25, 0.3) is 0 Å². The zero-order valence-electron chi connectivity index (χ0n) is 5.87. The van der Waals surface area contributed by atoms with E-state index in [1.165, 1.54) is 18.3 Å². The molecule has 0 spiro atoms. The Labute approximate surface area is 66.9 Å². The number of carboxylic acid groups (broad SMARTS) is 1. The number of aromatic nitrogens is 1. The fraction of sp³-hybridized carbons (Fsp3) is 0. The van der Waals surface area contributed by atoms with Crippen molar-refractivity contribution >= 4 is 5.97 Å². The molecule has 0 saturated heterocycles. The Morgan fingerprint density at radius 1 is 1.67 bits per heavy atom. The lowest BCUT2D eigenvalue weighted by Gasteiger charge is -1.93. The molecule has 0 aliphatic carbocycles. The number of H-pyrrole nitrogens is 1. The molecule has 1 aromatic rings. The van der Waals surface area contributed by atoms with E-state index in [0.717, 1.165) is 0 Å². The van der Waals surface area contributed by atoms with Gasteiger partial charge in [-0.2, -0.15) is 5.26 Å². The number of aromatic carboxylic acids is 1. The van der Waals surface area contributed by atoms with E-state index in [-0.39, 0.29) is 11.1 Å². The number of pyridine rings is 1. The number of nitrogens with zero attached hydrogens (tertiary/aromatic N) is 1. The van der Waals surface area contributed by atoms with E-state index in [4.69, 9.17) is 10.4 Å². The maximum Gasteiger partial charge on any atom is 0.337 e. The summed E-state index contributed by atoms with van der Waals surface area (Å²) in [6.45, 7) is 0. The van der Waals surface area contributed by atoms with E-state index in [1.54, 1.807) is 0 Å². The minimum atomic E-state index is -1.28. The summed E-state index contributed by atoms with van der Waals surface area (Å²) >= 11 is 0. The van der Waals surface area contributed by atoms with Crippen molar-refractivity contribution in [2.75, 3.05) is 0 Å². The second-order valence-electron chi connectivity index (χ2n) is 2.01. The molecule has 5 nitrogen and oxygen atoms in total. The highest BCUT2D eigenvalue weighted by Gasteiger charge is 2.11. The normalized spacial score (nSPS) is 8.92. The highest BCUT2D eigenvalue weighted by molar-refractivity contribution is 5.90. The van der Waals surface area contributed by atoms with Gasteiger partial charge in [0.25, 0.3) is 5.56 Å². The Kier molecular flexibility index (Phi) is 1.92. The molecule has 0 saturated carbocycles. The molecule has 0 aliphatic heterocycles. The lowest BCUT2D eigenvalue weighted by molar-refractivity contribution is 0.0696. The number of carboxylic acids is 1. The summed E-state index contributed by atoms with van der Waals surface area (Å²) < 4.78 is 0. The zero-order chi connectivity index (χ0) is 9.14. The average Bonchev–Trinajstić information content (AvgIpc) is 2.03. The first-order valence-electron chi connectivity index (χ1n) is 3.02. The maximum absolute atomic E-state index is 10.8. The predicted molar refractivity (Wildman–Crippen MR) is 38.7 cm³/mol. The van der Waals surface area contributed by atoms with Crippen molar-refractivity contribution in [2.45, 2.75) is 0 Å². The Bertz CT molecular complexity index is 413. The van der Waals surface area contributed by atoms with E-state index >= 15 is 0 Å². The van der Waals surface area contributed by atoms with Crippen LogP contribution in [-0.4, -0.2) is 16.1 Å². The third-order valence-electron chi connectivity index (χ3n) is 1.30. The zero-order valence-corrected chi connectivity index (χ0v) is 5.87. The number of aromatic amines is 1. The minimum absolute atomic E-state index is 0.277. The third-order valence-corrected chi connectivity index (χ3v) is 1.30. The summed E-state index contributed by atoms with van der Waals surface area (Å²) in [5, 5.41) is 16.9. The van der Waals surface area contributed by atoms with Crippen molar-refractivity contribution in [3.8, 4) is 6.07 Å². The molecule has 2 N–H and O–H groups in total. The van der Waals surface area contributed by atoms with Gasteiger partial charge < -0.3 is 10.1 Å². The lowest BCUT2D eigenvalue weighted by atomic mass is 10.1. The van der Waals surface area contributed by atoms with Crippen LogP contribution >= 0.6 is 0 Å². The molecule has 12 heavy (non-hydrogen) atoms. The summed E-state index contributed by atoms with van der Waals surface area (Å²) in [5.74, 6) is -1.28. The highest BCUT2D eigenvalue weighted by Crippen LogP contribution is 1.99. The molecular formula is C7H4N2O3. The van der Waals surface area contributed by atoms with Crippen LogP contribution in [0.2, 0.25) is 0 Å². The smallest absolute Gasteiger partial charge is 0.337 e. The molecule has 5 heteroatoms. The van der Waals surface area contributed by atoms with Gasteiger partial charge in [-0.15, -0.1) is 0 Å². The van der Waals surface area contributed by atoms with Gasteiger partial charge in [0.2, 0.25) is 0 Å². The van der Waals surface area contributed by atoms with Crippen molar-refractivity contribution < 1.29 is 9.90 Å². The molecule has 1 rings (SSSR count). The van der Waals surface area contributed by atoms with Crippen LogP contribution in [0.1, 0.15) is 15.9 Å². The van der Waals surface area contributed by atoms with Crippen LogP contribution < -0.4 is 5.56 Å². The first-order chi connectivity index (χ1) is 5.66. The molecule has 0 aromatic carbocycles. The van der Waals surface area contributed by atoms with Gasteiger partial charge in [-0.3, -0.25) is 4.79 Å². The van der Waals surface area contributed by atoms with Crippen molar-refractivity contribution in [1.29, 1.82) is 5.26 Å². The van der Waals surface area contributed by atoms with Crippen molar-refractivity contribution in [1.82, 2.24) is 4.98 Å². The fourth-order valence-electron chi connectivity index (χ4n) is 0.768. The van der Waals surface area contributed by atoms with Gasteiger partial charge in [0.05, 0.1) is 5.56 Å².